The molecule has 0 radical (unpaired) electrons. The summed E-state index contributed by atoms with van der Waals surface area (Å²) in [5, 5.41) is 0. The lowest BCUT2D eigenvalue weighted by molar-refractivity contribution is -0.131. The Morgan fingerprint density at radius 1 is 1.30 bits per heavy atom. The van der Waals surface area contributed by atoms with Crippen LogP contribution >= 0.6 is 0 Å². The second kappa shape index (κ2) is 7.32. The number of benzene rings is 1. The summed E-state index contributed by atoms with van der Waals surface area (Å²) >= 11 is 0. The van der Waals surface area contributed by atoms with Crippen LogP contribution in [0.3, 0.4) is 0 Å². The molecule has 0 N–H and O–H groups in total. The van der Waals surface area contributed by atoms with E-state index in [1.54, 1.807) is 0 Å². The number of ketones is 1. The van der Waals surface area contributed by atoms with Crippen molar-refractivity contribution in [3.63, 3.8) is 0 Å². The SMILES string of the molecule is COc1c(F)c(F)cc2c1C(C1CC1F)CC/C=C(/C(=O)OB(F)F)C2=O. The first-order valence-corrected chi connectivity index (χ1v) is 8.20. The average Bonchev–Trinajstić information content (AvgIpc) is 3.31. The molecule has 0 heterocycles. The van der Waals surface area contributed by atoms with Crippen LogP contribution in [0.4, 0.5) is 21.8 Å². The van der Waals surface area contributed by atoms with E-state index in [1.807, 2.05) is 0 Å². The first-order chi connectivity index (χ1) is 12.8. The maximum absolute atomic E-state index is 14.2. The monoisotopic (exact) mass is 388 g/mol. The van der Waals surface area contributed by atoms with Gasteiger partial charge in [0.25, 0.3) is 0 Å². The fourth-order valence-corrected chi connectivity index (χ4v) is 3.51. The Bertz CT molecular complexity index is 826. The Kier molecular flexibility index (Phi) is 5.25. The minimum absolute atomic E-state index is 0.0537. The van der Waals surface area contributed by atoms with E-state index in [2.05, 4.69) is 4.65 Å². The highest BCUT2D eigenvalue weighted by atomic mass is 19.2. The van der Waals surface area contributed by atoms with E-state index in [9.17, 15) is 31.4 Å². The van der Waals surface area contributed by atoms with Crippen molar-refractivity contribution in [2.24, 2.45) is 5.92 Å². The summed E-state index contributed by atoms with van der Waals surface area (Å²) in [4.78, 5) is 24.6. The molecular weight excluding hydrogens is 374 g/mol. The van der Waals surface area contributed by atoms with Gasteiger partial charge in [-0.15, -0.1) is 0 Å². The molecule has 3 rings (SSSR count). The Hall–Kier alpha value is -2.39. The minimum atomic E-state index is -3.44. The molecule has 27 heavy (non-hydrogen) atoms. The van der Waals surface area contributed by atoms with Crippen LogP contribution in [0.1, 0.15) is 41.1 Å². The molecule has 1 aromatic carbocycles. The van der Waals surface area contributed by atoms with Gasteiger partial charge in [0.2, 0.25) is 5.82 Å². The zero-order valence-corrected chi connectivity index (χ0v) is 14.1. The Morgan fingerprint density at radius 2 is 1.96 bits per heavy atom. The normalized spacial score (nSPS) is 26.2. The van der Waals surface area contributed by atoms with Crippen molar-refractivity contribution in [3.8, 4) is 5.75 Å². The number of ether oxygens (including phenoxy) is 1. The number of rotatable bonds is 4. The van der Waals surface area contributed by atoms with Crippen LogP contribution in [0, 0.1) is 17.6 Å². The van der Waals surface area contributed by atoms with E-state index in [1.165, 1.54) is 0 Å². The number of hydrogen-bond acceptors (Lipinski definition) is 4. The van der Waals surface area contributed by atoms with Crippen molar-refractivity contribution in [2.45, 2.75) is 31.4 Å². The smallest absolute Gasteiger partial charge is 0.493 e. The molecule has 1 saturated carbocycles. The van der Waals surface area contributed by atoms with Crippen LogP contribution in [0.15, 0.2) is 17.7 Å². The van der Waals surface area contributed by atoms with Gasteiger partial charge in [-0.25, -0.2) is 22.2 Å². The lowest BCUT2D eigenvalue weighted by Crippen LogP contribution is -2.24. The molecule has 0 aliphatic heterocycles. The molecular formula is C17H14BF5O4. The van der Waals surface area contributed by atoms with E-state index < -0.39 is 65.8 Å². The van der Waals surface area contributed by atoms with Crippen LogP contribution < -0.4 is 4.74 Å². The highest BCUT2D eigenvalue weighted by Crippen LogP contribution is 2.52. The third-order valence-corrected chi connectivity index (χ3v) is 4.80. The van der Waals surface area contributed by atoms with E-state index >= 15 is 0 Å². The van der Waals surface area contributed by atoms with E-state index in [-0.39, 0.29) is 24.8 Å². The third-order valence-electron chi connectivity index (χ3n) is 4.80. The molecule has 0 saturated heterocycles. The van der Waals surface area contributed by atoms with Crippen LogP contribution in [0.25, 0.3) is 0 Å². The minimum Gasteiger partial charge on any atom is -0.493 e. The number of carbonyl (C=O) groups excluding carboxylic acids is 2. The third kappa shape index (κ3) is 3.57. The van der Waals surface area contributed by atoms with Crippen LogP contribution in [0.2, 0.25) is 0 Å². The summed E-state index contributed by atoms with van der Waals surface area (Å²) in [6, 6.07) is 0.576. The largest absolute Gasteiger partial charge is 0.798 e. The Labute approximate surface area is 151 Å². The number of Topliss-reactive ketones (excluding diaryl/α,β-unsaturated/α-hetero) is 1. The maximum atomic E-state index is 14.2. The van der Waals surface area contributed by atoms with Crippen molar-refractivity contribution in [1.29, 1.82) is 0 Å². The maximum Gasteiger partial charge on any atom is 0.798 e. The predicted molar refractivity (Wildman–Crippen MR) is 84.4 cm³/mol. The molecule has 1 aromatic rings. The summed E-state index contributed by atoms with van der Waals surface area (Å²) in [5.41, 5.74) is -1.19. The molecule has 2 aliphatic carbocycles. The molecule has 3 unspecified atom stereocenters. The zero-order chi connectivity index (χ0) is 19.9. The molecule has 3 atom stereocenters. The lowest BCUT2D eigenvalue weighted by atomic mass is 9.81. The second-order valence-corrected chi connectivity index (χ2v) is 6.38. The van der Waals surface area contributed by atoms with Gasteiger partial charge in [-0.05, 0) is 37.2 Å². The van der Waals surface area contributed by atoms with Crippen molar-refractivity contribution < 1.29 is 40.8 Å². The molecule has 10 heteroatoms. The second-order valence-electron chi connectivity index (χ2n) is 6.38. The Morgan fingerprint density at radius 3 is 2.52 bits per heavy atom. The van der Waals surface area contributed by atoms with Crippen LogP contribution in [-0.4, -0.2) is 32.5 Å². The fraction of sp³-hybridized carbons (Fsp3) is 0.412. The van der Waals surface area contributed by atoms with Gasteiger partial charge in [0.05, 0.1) is 7.11 Å². The van der Waals surface area contributed by atoms with Gasteiger partial charge in [-0.2, -0.15) is 4.39 Å². The lowest BCUT2D eigenvalue weighted by Gasteiger charge is -2.25. The van der Waals surface area contributed by atoms with Gasteiger partial charge in [0, 0.05) is 11.1 Å². The van der Waals surface area contributed by atoms with Crippen LogP contribution in [-0.2, 0) is 9.45 Å². The fourth-order valence-electron chi connectivity index (χ4n) is 3.51. The summed E-state index contributed by atoms with van der Waals surface area (Å²) in [5.74, 6) is -7.12. The number of carbonyl (C=O) groups is 2. The van der Waals surface area contributed by atoms with Crippen molar-refractivity contribution >= 4 is 19.2 Å². The molecule has 0 spiro atoms. The Balaban J connectivity index is 2.15. The first-order valence-electron chi connectivity index (χ1n) is 8.20. The predicted octanol–water partition coefficient (Wildman–Crippen LogP) is 3.79. The summed E-state index contributed by atoms with van der Waals surface area (Å²) in [6.45, 7) is 0. The number of hydrogen-bond donors (Lipinski definition) is 0. The number of allylic oxidation sites excluding steroid dienone is 1. The molecule has 0 aromatic heterocycles. The summed E-state index contributed by atoms with van der Waals surface area (Å²) in [7, 11) is -2.37. The topological polar surface area (TPSA) is 52.6 Å². The average molecular weight is 388 g/mol. The van der Waals surface area contributed by atoms with Gasteiger partial charge >= 0.3 is 13.4 Å². The summed E-state index contributed by atoms with van der Waals surface area (Å²) in [6.07, 6.45) is 0.409. The van der Waals surface area contributed by atoms with Crippen molar-refractivity contribution in [3.05, 3.63) is 40.5 Å². The van der Waals surface area contributed by atoms with Crippen molar-refractivity contribution in [1.82, 2.24) is 0 Å². The molecule has 4 nitrogen and oxygen atoms in total. The number of alkyl halides is 1. The zero-order valence-electron chi connectivity index (χ0n) is 14.1. The van der Waals surface area contributed by atoms with Gasteiger partial charge in [-0.3, -0.25) is 4.79 Å². The first kappa shape index (κ1) is 19.4. The molecule has 0 bridgehead atoms. The standard InChI is InChI=1S/C17H14BF5O4/c1-26-16-13-7(9-5-11(9)19)3-2-4-8(17(25)27-18(22)23)15(24)10(13)6-12(20)14(16)21/h4,6-7,9,11H,2-3,5H2,1H3/b8-4+. The highest BCUT2D eigenvalue weighted by molar-refractivity contribution is 6.40. The van der Waals surface area contributed by atoms with Gasteiger partial charge in [-0.1, -0.05) is 6.08 Å². The van der Waals surface area contributed by atoms with Crippen LogP contribution in [0.5, 0.6) is 5.75 Å². The number of methoxy groups -OCH3 is 1. The molecule has 144 valence electrons. The van der Waals surface area contributed by atoms with Gasteiger partial charge in [0.1, 0.15) is 11.7 Å². The van der Waals surface area contributed by atoms with E-state index in [0.717, 1.165) is 13.2 Å². The van der Waals surface area contributed by atoms with E-state index in [4.69, 9.17) is 4.74 Å². The molecule has 1 fully saturated rings. The number of halogens is 5. The van der Waals surface area contributed by atoms with Crippen molar-refractivity contribution in [2.75, 3.05) is 7.11 Å². The van der Waals surface area contributed by atoms with Gasteiger partial charge in [0.15, 0.2) is 17.3 Å². The van der Waals surface area contributed by atoms with E-state index in [0.29, 0.717) is 6.07 Å². The molecule has 0 amide bonds. The van der Waals surface area contributed by atoms with Gasteiger partial charge < -0.3 is 9.39 Å². The highest BCUT2D eigenvalue weighted by Gasteiger charge is 2.47. The molecule has 2 aliphatic rings. The number of fused-ring (bicyclic) bond motifs is 1. The summed E-state index contributed by atoms with van der Waals surface area (Å²) < 4.78 is 75.3. The quantitative estimate of drug-likeness (QED) is 0.448.